The average molecular weight is 338 g/mol. The monoisotopic (exact) mass is 338 g/mol. The van der Waals surface area contributed by atoms with Crippen LogP contribution in [-0.2, 0) is 4.79 Å². The molecule has 0 saturated heterocycles. The molecular weight excluding hydrogens is 321 g/mol. The molecular formula is C16H17F3N4O. The minimum atomic E-state index is -4.24. The van der Waals surface area contributed by atoms with E-state index in [0.717, 1.165) is 0 Å². The molecule has 1 amide bonds. The molecule has 0 aliphatic heterocycles. The van der Waals surface area contributed by atoms with Gasteiger partial charge in [-0.1, -0.05) is 12.5 Å². The van der Waals surface area contributed by atoms with Crippen LogP contribution < -0.4 is 5.32 Å². The van der Waals surface area contributed by atoms with E-state index < -0.39 is 23.9 Å². The second kappa shape index (κ2) is 6.62. The van der Waals surface area contributed by atoms with Crippen molar-refractivity contribution in [3.8, 4) is 11.5 Å². The predicted octanol–water partition coefficient (Wildman–Crippen LogP) is 3.78. The number of aromatic nitrogens is 3. The zero-order valence-electron chi connectivity index (χ0n) is 12.8. The Morgan fingerprint density at radius 1 is 1.25 bits per heavy atom. The van der Waals surface area contributed by atoms with Gasteiger partial charge in [-0.25, -0.2) is 4.98 Å². The summed E-state index contributed by atoms with van der Waals surface area (Å²) in [4.78, 5) is 23.4. The summed E-state index contributed by atoms with van der Waals surface area (Å²) in [6, 6.07) is 5.34. The fourth-order valence-electron chi connectivity index (χ4n) is 2.98. The number of halogens is 3. The van der Waals surface area contributed by atoms with E-state index in [1.54, 1.807) is 18.3 Å². The van der Waals surface area contributed by atoms with Gasteiger partial charge in [-0.2, -0.15) is 13.2 Å². The van der Waals surface area contributed by atoms with Crippen molar-refractivity contribution in [3.63, 3.8) is 0 Å². The molecule has 0 aromatic carbocycles. The molecule has 2 aromatic rings. The number of aromatic amines is 1. The SMILES string of the molecule is O=C(Nc1cnc(-c2ccccn2)[nH]1)C1CCCC(C(F)(F)F)C1. The molecule has 8 heteroatoms. The number of rotatable bonds is 3. The van der Waals surface area contributed by atoms with Crippen LogP contribution in [0.1, 0.15) is 25.7 Å². The van der Waals surface area contributed by atoms with Crippen molar-refractivity contribution < 1.29 is 18.0 Å². The number of alkyl halides is 3. The molecule has 1 fully saturated rings. The number of H-pyrrole nitrogens is 1. The normalized spacial score (nSPS) is 21.5. The number of nitrogens with zero attached hydrogens (tertiary/aromatic N) is 2. The lowest BCUT2D eigenvalue weighted by atomic mass is 9.80. The zero-order valence-corrected chi connectivity index (χ0v) is 12.8. The number of amides is 1. The van der Waals surface area contributed by atoms with Gasteiger partial charge in [0.25, 0.3) is 0 Å². The van der Waals surface area contributed by atoms with Crippen molar-refractivity contribution in [3.05, 3.63) is 30.6 Å². The Morgan fingerprint density at radius 3 is 2.79 bits per heavy atom. The summed E-state index contributed by atoms with van der Waals surface area (Å²) < 4.78 is 38.5. The predicted molar refractivity (Wildman–Crippen MR) is 82.0 cm³/mol. The summed E-state index contributed by atoms with van der Waals surface area (Å²) in [7, 11) is 0. The molecule has 1 saturated carbocycles. The third kappa shape index (κ3) is 3.74. The Morgan fingerprint density at radius 2 is 2.08 bits per heavy atom. The van der Waals surface area contributed by atoms with E-state index in [0.29, 0.717) is 30.2 Å². The number of carbonyl (C=O) groups is 1. The maximum atomic E-state index is 12.8. The van der Waals surface area contributed by atoms with E-state index in [-0.39, 0.29) is 12.8 Å². The van der Waals surface area contributed by atoms with E-state index in [1.165, 1.54) is 6.20 Å². The van der Waals surface area contributed by atoms with Crippen molar-refractivity contribution in [2.45, 2.75) is 31.9 Å². The fourth-order valence-corrected chi connectivity index (χ4v) is 2.98. The highest BCUT2D eigenvalue weighted by Crippen LogP contribution is 2.40. The van der Waals surface area contributed by atoms with Crippen LogP contribution in [0.15, 0.2) is 30.6 Å². The first kappa shape index (κ1) is 16.5. The van der Waals surface area contributed by atoms with E-state index in [9.17, 15) is 18.0 Å². The van der Waals surface area contributed by atoms with Gasteiger partial charge >= 0.3 is 6.18 Å². The van der Waals surface area contributed by atoms with Crippen LogP contribution in [0.5, 0.6) is 0 Å². The van der Waals surface area contributed by atoms with Crippen molar-refractivity contribution >= 4 is 11.7 Å². The Labute approximate surface area is 136 Å². The van der Waals surface area contributed by atoms with Gasteiger partial charge in [-0.15, -0.1) is 0 Å². The molecule has 24 heavy (non-hydrogen) atoms. The van der Waals surface area contributed by atoms with E-state index in [4.69, 9.17) is 0 Å². The number of nitrogens with one attached hydrogen (secondary N) is 2. The minimum absolute atomic E-state index is 0.0984. The lowest BCUT2D eigenvalue weighted by molar-refractivity contribution is -0.185. The Hall–Kier alpha value is -2.38. The molecule has 3 rings (SSSR count). The smallest absolute Gasteiger partial charge is 0.323 e. The first-order chi connectivity index (χ1) is 11.4. The van der Waals surface area contributed by atoms with Crippen LogP contribution in [0, 0.1) is 11.8 Å². The number of hydrogen-bond acceptors (Lipinski definition) is 3. The molecule has 0 spiro atoms. The van der Waals surface area contributed by atoms with Crippen molar-refractivity contribution in [1.82, 2.24) is 15.0 Å². The second-order valence-electron chi connectivity index (χ2n) is 5.95. The number of pyridine rings is 1. The summed E-state index contributed by atoms with van der Waals surface area (Å²) in [5, 5.41) is 2.62. The molecule has 2 aromatic heterocycles. The van der Waals surface area contributed by atoms with Gasteiger partial charge in [-0.05, 0) is 31.4 Å². The summed E-state index contributed by atoms with van der Waals surface area (Å²) in [5.41, 5.74) is 0.618. The standard InChI is InChI=1S/C16H17F3N4O/c17-16(18,19)11-5-3-4-10(8-11)15(24)23-13-9-21-14(22-13)12-6-1-2-7-20-12/h1-2,6-7,9-11H,3-5,8H2,(H,21,22)(H,23,24). The van der Waals surface area contributed by atoms with Crippen LogP contribution in [0.3, 0.4) is 0 Å². The Kier molecular flexibility index (Phi) is 4.55. The second-order valence-corrected chi connectivity index (χ2v) is 5.95. The number of carbonyl (C=O) groups excluding carboxylic acids is 1. The van der Waals surface area contributed by atoms with Gasteiger partial charge in [0.15, 0.2) is 5.82 Å². The van der Waals surface area contributed by atoms with E-state index in [1.807, 2.05) is 6.07 Å². The highest BCUT2D eigenvalue weighted by atomic mass is 19.4. The van der Waals surface area contributed by atoms with Gasteiger partial charge in [-0.3, -0.25) is 9.78 Å². The van der Waals surface area contributed by atoms with Crippen molar-refractivity contribution in [2.24, 2.45) is 11.8 Å². The molecule has 1 aliphatic carbocycles. The number of imidazole rings is 1. The molecule has 0 radical (unpaired) electrons. The zero-order chi connectivity index (χ0) is 17.2. The highest BCUT2D eigenvalue weighted by Gasteiger charge is 2.43. The molecule has 1 aliphatic rings. The first-order valence-corrected chi connectivity index (χ1v) is 7.77. The first-order valence-electron chi connectivity index (χ1n) is 7.77. The summed E-state index contributed by atoms with van der Waals surface area (Å²) in [6.07, 6.45) is -0.359. The number of anilines is 1. The van der Waals surface area contributed by atoms with Crippen LogP contribution in [0.25, 0.3) is 11.5 Å². The quantitative estimate of drug-likeness (QED) is 0.895. The fraction of sp³-hybridized carbons (Fsp3) is 0.438. The lowest BCUT2D eigenvalue weighted by Gasteiger charge is -2.29. The third-order valence-electron chi connectivity index (χ3n) is 4.25. The maximum absolute atomic E-state index is 12.8. The van der Waals surface area contributed by atoms with E-state index >= 15 is 0 Å². The molecule has 2 unspecified atom stereocenters. The Bertz CT molecular complexity index is 699. The molecule has 128 valence electrons. The topological polar surface area (TPSA) is 70.7 Å². The van der Waals surface area contributed by atoms with Gasteiger partial charge in [0, 0.05) is 12.1 Å². The Balaban J connectivity index is 1.64. The van der Waals surface area contributed by atoms with Gasteiger partial charge in [0.05, 0.1) is 12.1 Å². The minimum Gasteiger partial charge on any atom is -0.323 e. The largest absolute Gasteiger partial charge is 0.391 e. The molecule has 2 atom stereocenters. The van der Waals surface area contributed by atoms with Crippen molar-refractivity contribution in [1.29, 1.82) is 0 Å². The summed E-state index contributed by atoms with van der Waals surface area (Å²) in [6.45, 7) is 0. The third-order valence-corrected chi connectivity index (χ3v) is 4.25. The molecule has 0 bridgehead atoms. The van der Waals surface area contributed by atoms with Crippen LogP contribution >= 0.6 is 0 Å². The van der Waals surface area contributed by atoms with Crippen LogP contribution in [-0.4, -0.2) is 27.0 Å². The maximum Gasteiger partial charge on any atom is 0.391 e. The van der Waals surface area contributed by atoms with Gasteiger partial charge < -0.3 is 10.3 Å². The summed E-state index contributed by atoms with van der Waals surface area (Å²) in [5.74, 6) is -1.59. The average Bonchev–Trinajstić information content (AvgIpc) is 3.03. The van der Waals surface area contributed by atoms with E-state index in [2.05, 4.69) is 20.3 Å². The molecule has 2 heterocycles. The highest BCUT2D eigenvalue weighted by molar-refractivity contribution is 5.91. The lowest BCUT2D eigenvalue weighted by Crippen LogP contribution is -2.34. The summed E-state index contributed by atoms with van der Waals surface area (Å²) >= 11 is 0. The van der Waals surface area contributed by atoms with Crippen LogP contribution in [0.4, 0.5) is 19.0 Å². The molecule has 2 N–H and O–H groups in total. The number of hydrogen-bond donors (Lipinski definition) is 2. The van der Waals surface area contributed by atoms with Gasteiger partial charge in [0.2, 0.25) is 5.91 Å². The van der Waals surface area contributed by atoms with Crippen molar-refractivity contribution in [2.75, 3.05) is 5.32 Å². The molecule has 5 nitrogen and oxygen atoms in total. The van der Waals surface area contributed by atoms with Crippen LogP contribution in [0.2, 0.25) is 0 Å². The van der Waals surface area contributed by atoms with Gasteiger partial charge in [0.1, 0.15) is 11.5 Å².